The SMILES string of the molecule is CCCCCC[N+](C)(C)CCOC(=O)[C@@H]1[C@@H]2C[C@@H]3[C@@H]1C(=O)O[C@@H]3C2. The number of hydrogen-bond donors (Lipinski definition) is 0. The van der Waals surface area contributed by atoms with E-state index < -0.39 is 0 Å². The lowest BCUT2D eigenvalue weighted by molar-refractivity contribution is -0.890. The molecular weight excluding hydrogens is 306 g/mol. The van der Waals surface area contributed by atoms with Crippen molar-refractivity contribution in [2.24, 2.45) is 23.7 Å². The molecular formula is C19H32NO4+. The van der Waals surface area contributed by atoms with Crippen LogP contribution in [0, 0.1) is 23.7 Å². The van der Waals surface area contributed by atoms with Gasteiger partial charge in [0.1, 0.15) is 19.3 Å². The van der Waals surface area contributed by atoms with E-state index >= 15 is 0 Å². The average Bonchev–Trinajstić information content (AvgIpc) is 3.13. The average molecular weight is 338 g/mol. The Kier molecular flexibility index (Phi) is 5.19. The Morgan fingerprint density at radius 2 is 2.00 bits per heavy atom. The molecule has 0 spiro atoms. The van der Waals surface area contributed by atoms with Crippen LogP contribution in [-0.2, 0) is 19.1 Å². The summed E-state index contributed by atoms with van der Waals surface area (Å²) in [5, 5.41) is 0. The molecule has 3 aliphatic rings. The molecule has 5 nitrogen and oxygen atoms in total. The fourth-order valence-corrected chi connectivity index (χ4v) is 4.89. The predicted octanol–water partition coefficient (Wildman–Crippen LogP) is 2.38. The normalized spacial score (nSPS) is 33.8. The van der Waals surface area contributed by atoms with Crippen molar-refractivity contribution in [1.82, 2.24) is 0 Å². The van der Waals surface area contributed by atoms with Crippen molar-refractivity contribution in [3.8, 4) is 0 Å². The molecule has 5 heteroatoms. The fourth-order valence-electron chi connectivity index (χ4n) is 4.89. The molecule has 1 saturated heterocycles. The van der Waals surface area contributed by atoms with E-state index in [-0.39, 0.29) is 35.8 Å². The minimum Gasteiger partial charge on any atom is -0.462 e. The number of hydrogen-bond acceptors (Lipinski definition) is 4. The summed E-state index contributed by atoms with van der Waals surface area (Å²) in [7, 11) is 4.38. The summed E-state index contributed by atoms with van der Waals surface area (Å²) < 4.78 is 11.8. The molecule has 3 fully saturated rings. The third kappa shape index (κ3) is 3.46. The van der Waals surface area contributed by atoms with Gasteiger partial charge >= 0.3 is 11.9 Å². The second-order valence-electron chi connectivity index (χ2n) is 8.53. The summed E-state index contributed by atoms with van der Waals surface area (Å²) in [5.74, 6) is -0.250. The van der Waals surface area contributed by atoms with E-state index in [4.69, 9.17) is 9.47 Å². The molecule has 136 valence electrons. The largest absolute Gasteiger partial charge is 0.462 e. The lowest BCUT2D eigenvalue weighted by atomic mass is 9.80. The third-order valence-corrected chi connectivity index (χ3v) is 6.31. The third-order valence-electron chi connectivity index (χ3n) is 6.31. The molecule has 0 aromatic carbocycles. The van der Waals surface area contributed by atoms with E-state index in [9.17, 15) is 9.59 Å². The van der Waals surface area contributed by atoms with Crippen LogP contribution in [0.25, 0.3) is 0 Å². The first-order valence-electron chi connectivity index (χ1n) is 9.62. The Hall–Kier alpha value is -1.10. The molecule has 0 aromatic heterocycles. The maximum atomic E-state index is 12.5. The zero-order valence-corrected chi connectivity index (χ0v) is 15.3. The zero-order chi connectivity index (χ0) is 17.3. The highest BCUT2D eigenvalue weighted by Gasteiger charge is 2.64. The highest BCUT2D eigenvalue weighted by atomic mass is 16.6. The van der Waals surface area contributed by atoms with Gasteiger partial charge in [-0.25, -0.2) is 0 Å². The Labute approximate surface area is 145 Å². The van der Waals surface area contributed by atoms with Crippen LogP contribution >= 0.6 is 0 Å². The van der Waals surface area contributed by atoms with Crippen LogP contribution in [0.5, 0.6) is 0 Å². The van der Waals surface area contributed by atoms with Gasteiger partial charge in [-0.3, -0.25) is 9.59 Å². The van der Waals surface area contributed by atoms with Gasteiger partial charge in [0.25, 0.3) is 0 Å². The summed E-state index contributed by atoms with van der Waals surface area (Å²) in [6, 6.07) is 0. The highest BCUT2D eigenvalue weighted by molar-refractivity contribution is 5.85. The number of quaternary nitrogens is 1. The minimum absolute atomic E-state index is 0.0790. The molecule has 0 N–H and O–H groups in total. The molecule has 2 bridgehead atoms. The first-order valence-corrected chi connectivity index (χ1v) is 9.62. The van der Waals surface area contributed by atoms with Crippen LogP contribution in [-0.4, -0.2) is 56.3 Å². The van der Waals surface area contributed by atoms with Gasteiger partial charge in [0, 0.05) is 5.92 Å². The van der Waals surface area contributed by atoms with Crippen molar-refractivity contribution >= 4 is 11.9 Å². The number of carbonyl (C=O) groups excluding carboxylic acids is 2. The fraction of sp³-hybridized carbons (Fsp3) is 0.895. The molecule has 0 radical (unpaired) electrons. The van der Waals surface area contributed by atoms with Gasteiger partial charge in [-0.05, 0) is 31.6 Å². The summed E-state index contributed by atoms with van der Waals surface area (Å²) in [5.41, 5.74) is 0. The van der Waals surface area contributed by atoms with Gasteiger partial charge in [-0.1, -0.05) is 19.8 Å². The van der Waals surface area contributed by atoms with Gasteiger partial charge in [0.2, 0.25) is 0 Å². The van der Waals surface area contributed by atoms with E-state index in [0.29, 0.717) is 12.5 Å². The Bertz CT molecular complexity index is 488. The van der Waals surface area contributed by atoms with E-state index in [1.54, 1.807) is 0 Å². The molecule has 0 unspecified atom stereocenters. The van der Waals surface area contributed by atoms with Gasteiger partial charge in [-0.15, -0.1) is 0 Å². The molecule has 5 atom stereocenters. The Balaban J connectivity index is 1.42. The van der Waals surface area contributed by atoms with Crippen LogP contribution in [0.4, 0.5) is 0 Å². The first kappa shape index (κ1) is 17.7. The second kappa shape index (κ2) is 7.03. The molecule has 2 saturated carbocycles. The van der Waals surface area contributed by atoms with Crippen molar-refractivity contribution in [2.75, 3.05) is 33.8 Å². The van der Waals surface area contributed by atoms with Crippen molar-refractivity contribution in [3.05, 3.63) is 0 Å². The lowest BCUT2D eigenvalue weighted by Gasteiger charge is -2.30. The Morgan fingerprint density at radius 1 is 1.21 bits per heavy atom. The van der Waals surface area contributed by atoms with Gasteiger partial charge in [0.15, 0.2) is 0 Å². The van der Waals surface area contributed by atoms with Crippen molar-refractivity contribution in [2.45, 2.75) is 51.6 Å². The highest BCUT2D eigenvalue weighted by Crippen LogP contribution is 2.57. The van der Waals surface area contributed by atoms with E-state index in [1.807, 2.05) is 0 Å². The summed E-state index contributed by atoms with van der Waals surface area (Å²) in [6.45, 7) is 4.61. The van der Waals surface area contributed by atoms with Gasteiger partial charge in [0.05, 0.1) is 32.5 Å². The number of esters is 2. The second-order valence-corrected chi connectivity index (χ2v) is 8.53. The van der Waals surface area contributed by atoms with Crippen LogP contribution in [0.15, 0.2) is 0 Å². The maximum absolute atomic E-state index is 12.5. The topological polar surface area (TPSA) is 52.6 Å². The zero-order valence-electron chi connectivity index (χ0n) is 15.3. The van der Waals surface area contributed by atoms with E-state index in [2.05, 4.69) is 21.0 Å². The monoisotopic (exact) mass is 338 g/mol. The summed E-state index contributed by atoms with van der Waals surface area (Å²) in [6.07, 6.45) is 6.92. The van der Waals surface area contributed by atoms with Crippen LogP contribution in [0.2, 0.25) is 0 Å². The number of nitrogens with zero attached hydrogens (tertiary/aromatic N) is 1. The first-order chi connectivity index (χ1) is 11.4. The molecule has 3 rings (SSSR count). The van der Waals surface area contributed by atoms with E-state index in [0.717, 1.165) is 30.4 Å². The van der Waals surface area contributed by atoms with Crippen molar-refractivity contribution in [1.29, 1.82) is 0 Å². The molecule has 1 heterocycles. The quantitative estimate of drug-likeness (QED) is 0.368. The van der Waals surface area contributed by atoms with Gasteiger partial charge in [-0.2, -0.15) is 0 Å². The molecule has 0 amide bonds. The molecule has 0 aromatic rings. The lowest BCUT2D eigenvalue weighted by Crippen LogP contribution is -2.44. The minimum atomic E-state index is -0.249. The smallest absolute Gasteiger partial charge is 0.310 e. The number of fused-ring (bicyclic) bond motifs is 1. The molecule has 2 aliphatic carbocycles. The molecule has 24 heavy (non-hydrogen) atoms. The number of unbranched alkanes of at least 4 members (excludes halogenated alkanes) is 3. The maximum Gasteiger partial charge on any atom is 0.310 e. The van der Waals surface area contributed by atoms with Gasteiger partial charge < -0.3 is 14.0 Å². The number of ether oxygens (including phenoxy) is 2. The van der Waals surface area contributed by atoms with Crippen LogP contribution in [0.1, 0.15) is 45.4 Å². The van der Waals surface area contributed by atoms with Crippen molar-refractivity contribution < 1.29 is 23.5 Å². The number of rotatable bonds is 9. The van der Waals surface area contributed by atoms with Crippen LogP contribution in [0.3, 0.4) is 0 Å². The summed E-state index contributed by atoms with van der Waals surface area (Å²) >= 11 is 0. The van der Waals surface area contributed by atoms with Crippen LogP contribution < -0.4 is 0 Å². The number of carbonyl (C=O) groups is 2. The van der Waals surface area contributed by atoms with E-state index in [1.165, 1.54) is 25.7 Å². The molecule has 1 aliphatic heterocycles. The standard InChI is InChI=1S/C19H32NO4/c1-4-5-6-7-8-20(2,3)9-10-23-18(21)16-13-11-14-15(12-13)24-19(22)17(14)16/h13-17H,4-12H2,1-3H3/q+1/t13-,14+,15-,16-,17+/m1/s1. The number of likely N-dealkylation sites (N-methyl/N-ethyl adjacent to an activating group) is 1. The van der Waals surface area contributed by atoms with Crippen molar-refractivity contribution in [3.63, 3.8) is 0 Å². The Morgan fingerprint density at radius 3 is 2.75 bits per heavy atom. The predicted molar refractivity (Wildman–Crippen MR) is 90.0 cm³/mol. The summed E-state index contributed by atoms with van der Waals surface area (Å²) in [4.78, 5) is 24.5.